The van der Waals surface area contributed by atoms with Crippen molar-refractivity contribution in [3.05, 3.63) is 33.0 Å². The second-order valence-corrected chi connectivity index (χ2v) is 4.25. The molecule has 0 saturated carbocycles. The lowest BCUT2D eigenvalue weighted by Crippen LogP contribution is -1.89. The van der Waals surface area contributed by atoms with Crippen molar-refractivity contribution in [3.8, 4) is 0 Å². The molecule has 0 saturated heterocycles. The Morgan fingerprint density at radius 2 is 1.77 bits per heavy atom. The highest BCUT2D eigenvalue weighted by Gasteiger charge is 2.04. The zero-order valence-corrected chi connectivity index (χ0v) is 10.1. The van der Waals surface area contributed by atoms with E-state index in [9.17, 15) is 0 Å². The van der Waals surface area contributed by atoms with Crippen LogP contribution in [0.3, 0.4) is 0 Å². The van der Waals surface area contributed by atoms with Gasteiger partial charge in [0.05, 0.1) is 11.0 Å². The number of nitrogens with zero attached hydrogens (tertiary/aromatic N) is 2. The molecule has 0 atom stereocenters. The first-order valence-electron chi connectivity index (χ1n) is 3.77. The van der Waals surface area contributed by atoms with Gasteiger partial charge in [0, 0.05) is 0 Å². The number of fused-ring (bicyclic) bond motifs is 1. The van der Waals surface area contributed by atoms with Crippen molar-refractivity contribution in [2.24, 2.45) is 0 Å². The Morgan fingerprint density at radius 1 is 1.08 bits per heavy atom. The number of benzene rings is 1. The van der Waals surface area contributed by atoms with Gasteiger partial charge in [-0.05, 0) is 50.4 Å². The number of halogens is 2. The molecule has 0 amide bonds. The minimum Gasteiger partial charge on any atom is -0.236 e. The Kier molecular flexibility index (Phi) is 2.34. The van der Waals surface area contributed by atoms with E-state index in [0.29, 0.717) is 0 Å². The number of aromatic nitrogens is 2. The molecule has 0 spiro atoms. The molecule has 0 bridgehead atoms. The van der Waals surface area contributed by atoms with Gasteiger partial charge in [-0.15, -0.1) is 0 Å². The van der Waals surface area contributed by atoms with E-state index in [1.165, 1.54) is 0 Å². The quantitative estimate of drug-likeness (QED) is 0.745. The van der Waals surface area contributed by atoms with E-state index in [4.69, 9.17) is 0 Å². The van der Waals surface area contributed by atoms with Crippen LogP contribution in [0.4, 0.5) is 0 Å². The molecule has 1 aromatic carbocycles. The minimum absolute atomic E-state index is 0.741. The van der Waals surface area contributed by atoms with Crippen molar-refractivity contribution < 1.29 is 0 Å². The van der Waals surface area contributed by atoms with E-state index in [1.807, 2.05) is 25.1 Å². The summed E-state index contributed by atoms with van der Waals surface area (Å²) in [6.45, 7) is 2.03. The number of hydrogen-bond acceptors (Lipinski definition) is 2. The van der Waals surface area contributed by atoms with Gasteiger partial charge in [0.15, 0.2) is 0 Å². The van der Waals surface area contributed by atoms with Crippen molar-refractivity contribution in [2.75, 3.05) is 0 Å². The second-order valence-electron chi connectivity index (χ2n) is 2.75. The van der Waals surface area contributed by atoms with Gasteiger partial charge in [0.1, 0.15) is 9.21 Å². The third kappa shape index (κ3) is 1.60. The second kappa shape index (κ2) is 3.35. The van der Waals surface area contributed by atoms with Crippen molar-refractivity contribution in [2.45, 2.75) is 6.92 Å². The lowest BCUT2D eigenvalue weighted by molar-refractivity contribution is 1.19. The standard InChI is InChI=1S/C9H6Br2N2/c1-5-3-2-4-6-7(5)13-9(11)8(10)12-6/h2-4H,1H3. The van der Waals surface area contributed by atoms with Crippen LogP contribution >= 0.6 is 31.9 Å². The zero-order chi connectivity index (χ0) is 9.42. The van der Waals surface area contributed by atoms with Crippen LogP contribution in [0.5, 0.6) is 0 Å². The summed E-state index contributed by atoms with van der Waals surface area (Å²) in [6, 6.07) is 5.95. The van der Waals surface area contributed by atoms with E-state index in [0.717, 1.165) is 25.8 Å². The van der Waals surface area contributed by atoms with E-state index < -0.39 is 0 Å². The highest BCUT2D eigenvalue weighted by atomic mass is 79.9. The van der Waals surface area contributed by atoms with E-state index in [-0.39, 0.29) is 0 Å². The zero-order valence-electron chi connectivity index (χ0n) is 6.88. The molecule has 0 fully saturated rings. The van der Waals surface area contributed by atoms with Crippen molar-refractivity contribution in [3.63, 3.8) is 0 Å². The molecular weight excluding hydrogens is 296 g/mol. The minimum atomic E-state index is 0.741. The monoisotopic (exact) mass is 300 g/mol. The molecule has 13 heavy (non-hydrogen) atoms. The number of rotatable bonds is 0. The molecule has 0 N–H and O–H groups in total. The number of para-hydroxylation sites is 1. The molecule has 0 aliphatic carbocycles. The lowest BCUT2D eigenvalue weighted by Gasteiger charge is -2.01. The maximum Gasteiger partial charge on any atom is 0.139 e. The van der Waals surface area contributed by atoms with Crippen LogP contribution in [-0.2, 0) is 0 Å². The summed E-state index contributed by atoms with van der Waals surface area (Å²) in [5.74, 6) is 0. The summed E-state index contributed by atoms with van der Waals surface area (Å²) < 4.78 is 1.49. The first kappa shape index (κ1) is 9.09. The van der Waals surface area contributed by atoms with Gasteiger partial charge in [-0.1, -0.05) is 12.1 Å². The molecule has 2 nitrogen and oxygen atoms in total. The van der Waals surface area contributed by atoms with Crippen LogP contribution in [0.2, 0.25) is 0 Å². The first-order valence-corrected chi connectivity index (χ1v) is 5.35. The van der Waals surface area contributed by atoms with Gasteiger partial charge in [-0.25, -0.2) is 9.97 Å². The van der Waals surface area contributed by atoms with Crippen molar-refractivity contribution in [1.29, 1.82) is 0 Å². The van der Waals surface area contributed by atoms with E-state index >= 15 is 0 Å². The first-order chi connectivity index (χ1) is 6.18. The van der Waals surface area contributed by atoms with Crippen LogP contribution in [0.1, 0.15) is 5.56 Å². The maximum absolute atomic E-state index is 4.38. The average molecular weight is 302 g/mol. The van der Waals surface area contributed by atoms with Gasteiger partial charge < -0.3 is 0 Å². The topological polar surface area (TPSA) is 25.8 Å². The molecule has 0 radical (unpaired) electrons. The van der Waals surface area contributed by atoms with Gasteiger partial charge in [0.2, 0.25) is 0 Å². The number of aryl methyl sites for hydroxylation is 1. The molecule has 2 aromatic rings. The lowest BCUT2D eigenvalue weighted by atomic mass is 10.2. The Balaban J connectivity index is 2.89. The predicted octanol–water partition coefficient (Wildman–Crippen LogP) is 3.46. The molecular formula is C9H6Br2N2. The third-order valence-electron chi connectivity index (χ3n) is 1.82. The van der Waals surface area contributed by atoms with Crippen LogP contribution in [0, 0.1) is 6.92 Å². The summed E-state index contributed by atoms with van der Waals surface area (Å²) in [6.07, 6.45) is 0. The van der Waals surface area contributed by atoms with Crippen LogP contribution in [0.15, 0.2) is 27.4 Å². The number of hydrogen-bond donors (Lipinski definition) is 0. The molecule has 66 valence electrons. The highest BCUT2D eigenvalue weighted by Crippen LogP contribution is 2.23. The molecule has 0 unspecified atom stereocenters. The Bertz CT molecular complexity index is 468. The molecule has 0 aliphatic rings. The Hall–Kier alpha value is -0.480. The largest absolute Gasteiger partial charge is 0.236 e. The summed E-state index contributed by atoms with van der Waals surface area (Å²) >= 11 is 6.65. The van der Waals surface area contributed by atoms with Crippen LogP contribution in [0.25, 0.3) is 11.0 Å². The molecule has 0 aliphatic heterocycles. The summed E-state index contributed by atoms with van der Waals surface area (Å²) in [4.78, 5) is 8.73. The summed E-state index contributed by atoms with van der Waals surface area (Å²) in [5.41, 5.74) is 2.99. The molecule has 2 rings (SSSR count). The smallest absolute Gasteiger partial charge is 0.139 e. The summed E-state index contributed by atoms with van der Waals surface area (Å²) in [5, 5.41) is 0. The highest BCUT2D eigenvalue weighted by molar-refractivity contribution is 9.13. The maximum atomic E-state index is 4.38. The van der Waals surface area contributed by atoms with E-state index in [1.54, 1.807) is 0 Å². The van der Waals surface area contributed by atoms with Gasteiger partial charge in [-0.3, -0.25) is 0 Å². The van der Waals surface area contributed by atoms with Gasteiger partial charge in [-0.2, -0.15) is 0 Å². The summed E-state index contributed by atoms with van der Waals surface area (Å²) in [7, 11) is 0. The SMILES string of the molecule is Cc1cccc2nc(Br)c(Br)nc12. The van der Waals surface area contributed by atoms with E-state index in [2.05, 4.69) is 41.8 Å². The van der Waals surface area contributed by atoms with Gasteiger partial charge in [0.25, 0.3) is 0 Å². The van der Waals surface area contributed by atoms with Crippen LogP contribution < -0.4 is 0 Å². The molecule has 4 heteroatoms. The third-order valence-corrected chi connectivity index (χ3v) is 3.45. The van der Waals surface area contributed by atoms with Crippen LogP contribution in [-0.4, -0.2) is 9.97 Å². The fourth-order valence-corrected chi connectivity index (χ4v) is 1.72. The average Bonchev–Trinajstić information content (AvgIpc) is 2.09. The van der Waals surface area contributed by atoms with Gasteiger partial charge >= 0.3 is 0 Å². The Labute approximate surface area is 92.7 Å². The molecule has 1 aromatic heterocycles. The van der Waals surface area contributed by atoms with Crippen molar-refractivity contribution in [1.82, 2.24) is 9.97 Å². The fraction of sp³-hybridized carbons (Fsp3) is 0.111. The molecule has 1 heterocycles. The fourth-order valence-electron chi connectivity index (χ4n) is 1.18. The predicted molar refractivity (Wildman–Crippen MR) is 59.7 cm³/mol. The Morgan fingerprint density at radius 3 is 2.54 bits per heavy atom. The normalized spacial score (nSPS) is 10.7. The van der Waals surface area contributed by atoms with Crippen molar-refractivity contribution >= 4 is 42.9 Å².